The molecule has 1 aliphatic rings. The summed E-state index contributed by atoms with van der Waals surface area (Å²) in [4.78, 5) is 11.0. The molecule has 1 aliphatic carbocycles. The van der Waals surface area contributed by atoms with Crippen LogP contribution in [0.2, 0.25) is 0 Å². The van der Waals surface area contributed by atoms with E-state index < -0.39 is 5.24 Å². The second-order valence-electron chi connectivity index (χ2n) is 3.07. The molecule has 0 aromatic heterocycles. The molecule has 0 saturated carbocycles. The van der Waals surface area contributed by atoms with Gasteiger partial charge in [0.05, 0.1) is 12.2 Å². The molecule has 0 aromatic rings. The van der Waals surface area contributed by atoms with E-state index in [0.29, 0.717) is 23.9 Å². The number of hydrogen-bond donors (Lipinski definition) is 0. The molecule has 0 radical (unpaired) electrons. The largest absolute Gasteiger partial charge is 0.493 e. The Kier molecular flexibility index (Phi) is 3.55. The number of rotatable bonds is 3. The summed E-state index contributed by atoms with van der Waals surface area (Å²) in [6.07, 6.45) is 4.69. The predicted octanol–water partition coefficient (Wildman–Crippen LogP) is 2.64. The van der Waals surface area contributed by atoms with E-state index in [1.54, 1.807) is 0 Å². The number of carbonyl (C=O) groups is 1. The third kappa shape index (κ3) is 2.59. The molecule has 0 spiro atoms. The Morgan fingerprint density at radius 2 is 2.46 bits per heavy atom. The Labute approximate surface area is 83.2 Å². The predicted molar refractivity (Wildman–Crippen MR) is 52.4 cm³/mol. The molecule has 1 unspecified atom stereocenters. The second-order valence-corrected chi connectivity index (χ2v) is 3.41. The standard InChI is InChI=1S/C10H13ClO2/c1-3-13-9-5-4-7(2)6-8(9)10(11)12/h5-7H,3-4H2,1-2H3. The maximum atomic E-state index is 11.0. The Bertz CT molecular complexity index is 266. The van der Waals surface area contributed by atoms with Gasteiger partial charge in [-0.1, -0.05) is 13.0 Å². The quantitative estimate of drug-likeness (QED) is 0.655. The summed E-state index contributed by atoms with van der Waals surface area (Å²) in [5.41, 5.74) is 0.502. The van der Waals surface area contributed by atoms with Gasteiger partial charge in [-0.2, -0.15) is 0 Å². The fraction of sp³-hybridized carbons (Fsp3) is 0.500. The van der Waals surface area contributed by atoms with Crippen LogP contribution >= 0.6 is 11.6 Å². The summed E-state index contributed by atoms with van der Waals surface area (Å²) in [6.45, 7) is 4.48. The van der Waals surface area contributed by atoms with Crippen LogP contribution in [0, 0.1) is 5.92 Å². The zero-order valence-corrected chi connectivity index (χ0v) is 8.60. The summed E-state index contributed by atoms with van der Waals surface area (Å²) in [6, 6.07) is 0. The van der Waals surface area contributed by atoms with Crippen molar-refractivity contribution in [2.75, 3.05) is 6.61 Å². The molecule has 0 heterocycles. The minimum Gasteiger partial charge on any atom is -0.493 e. The molecule has 0 saturated heterocycles. The van der Waals surface area contributed by atoms with Gasteiger partial charge in [-0.15, -0.1) is 0 Å². The molecule has 3 heteroatoms. The maximum absolute atomic E-state index is 11.0. The van der Waals surface area contributed by atoms with Crippen molar-refractivity contribution < 1.29 is 9.53 Å². The fourth-order valence-electron chi connectivity index (χ4n) is 1.29. The van der Waals surface area contributed by atoms with E-state index in [2.05, 4.69) is 0 Å². The molecule has 0 amide bonds. The van der Waals surface area contributed by atoms with Crippen LogP contribution in [-0.4, -0.2) is 11.8 Å². The highest BCUT2D eigenvalue weighted by atomic mass is 35.5. The van der Waals surface area contributed by atoms with Crippen molar-refractivity contribution in [3.63, 3.8) is 0 Å². The van der Waals surface area contributed by atoms with E-state index in [4.69, 9.17) is 16.3 Å². The van der Waals surface area contributed by atoms with E-state index in [9.17, 15) is 4.79 Å². The van der Waals surface area contributed by atoms with E-state index in [1.165, 1.54) is 0 Å². The van der Waals surface area contributed by atoms with Gasteiger partial charge in [-0.05, 0) is 36.9 Å². The monoisotopic (exact) mass is 200 g/mol. The van der Waals surface area contributed by atoms with E-state index in [0.717, 1.165) is 6.42 Å². The fourth-order valence-corrected chi connectivity index (χ4v) is 1.45. The van der Waals surface area contributed by atoms with E-state index >= 15 is 0 Å². The number of hydrogen-bond acceptors (Lipinski definition) is 2. The summed E-state index contributed by atoms with van der Waals surface area (Å²) in [5, 5.41) is -0.439. The van der Waals surface area contributed by atoms with Crippen LogP contribution in [0.5, 0.6) is 0 Å². The highest BCUT2D eigenvalue weighted by molar-refractivity contribution is 6.68. The summed E-state index contributed by atoms with van der Waals surface area (Å²) in [7, 11) is 0. The molecule has 72 valence electrons. The first-order valence-electron chi connectivity index (χ1n) is 4.40. The van der Waals surface area contributed by atoms with Crippen LogP contribution in [0.1, 0.15) is 20.3 Å². The van der Waals surface area contributed by atoms with Gasteiger partial charge >= 0.3 is 0 Å². The van der Waals surface area contributed by atoms with Crippen molar-refractivity contribution >= 4 is 16.8 Å². The smallest absolute Gasteiger partial charge is 0.255 e. The molecule has 0 N–H and O–H groups in total. The Morgan fingerprint density at radius 1 is 1.77 bits per heavy atom. The summed E-state index contributed by atoms with van der Waals surface area (Å²) >= 11 is 5.42. The zero-order chi connectivity index (χ0) is 9.84. The van der Waals surface area contributed by atoms with Crippen molar-refractivity contribution in [1.82, 2.24) is 0 Å². The number of carbonyl (C=O) groups excluding carboxylic acids is 1. The van der Waals surface area contributed by atoms with Crippen LogP contribution in [0.4, 0.5) is 0 Å². The Balaban J connectivity index is 2.83. The lowest BCUT2D eigenvalue weighted by molar-refractivity contribution is -0.108. The van der Waals surface area contributed by atoms with Gasteiger partial charge in [0.1, 0.15) is 5.76 Å². The van der Waals surface area contributed by atoms with Crippen LogP contribution in [0.15, 0.2) is 23.5 Å². The molecular weight excluding hydrogens is 188 g/mol. The molecule has 1 atom stereocenters. The molecule has 1 rings (SSSR count). The van der Waals surface area contributed by atoms with Crippen molar-refractivity contribution in [2.45, 2.75) is 20.3 Å². The lowest BCUT2D eigenvalue weighted by Crippen LogP contribution is -2.09. The highest BCUT2D eigenvalue weighted by Gasteiger charge is 2.18. The molecule has 0 fully saturated rings. The Hall–Kier alpha value is -0.760. The summed E-state index contributed by atoms with van der Waals surface area (Å²) < 4.78 is 5.29. The Morgan fingerprint density at radius 3 is 3.00 bits per heavy atom. The minimum absolute atomic E-state index is 0.363. The number of allylic oxidation sites excluding steroid dienone is 3. The van der Waals surface area contributed by atoms with E-state index in [-0.39, 0.29) is 0 Å². The van der Waals surface area contributed by atoms with Crippen molar-refractivity contribution in [3.05, 3.63) is 23.5 Å². The number of ether oxygens (including phenoxy) is 1. The lowest BCUT2D eigenvalue weighted by atomic mass is 9.97. The maximum Gasteiger partial charge on any atom is 0.255 e. The first-order chi connectivity index (χ1) is 6.15. The summed E-state index contributed by atoms with van der Waals surface area (Å²) in [5.74, 6) is 0.988. The molecule has 0 aromatic carbocycles. The molecule has 2 nitrogen and oxygen atoms in total. The average molecular weight is 201 g/mol. The third-order valence-corrected chi connectivity index (χ3v) is 2.11. The molecular formula is C10H13ClO2. The van der Waals surface area contributed by atoms with E-state index in [1.807, 2.05) is 26.0 Å². The van der Waals surface area contributed by atoms with Crippen LogP contribution < -0.4 is 0 Å². The SMILES string of the molecule is CCOC1=CCC(C)C=C1C(=O)Cl. The zero-order valence-electron chi connectivity index (χ0n) is 7.84. The van der Waals surface area contributed by atoms with Gasteiger partial charge in [0, 0.05) is 0 Å². The van der Waals surface area contributed by atoms with Crippen LogP contribution in [0.25, 0.3) is 0 Å². The first kappa shape index (κ1) is 10.3. The topological polar surface area (TPSA) is 26.3 Å². The van der Waals surface area contributed by atoms with Gasteiger partial charge in [-0.25, -0.2) is 0 Å². The normalized spacial score (nSPS) is 21.9. The average Bonchev–Trinajstić information content (AvgIpc) is 2.08. The third-order valence-electron chi connectivity index (χ3n) is 1.90. The van der Waals surface area contributed by atoms with Crippen molar-refractivity contribution in [3.8, 4) is 0 Å². The molecule has 0 aliphatic heterocycles. The van der Waals surface area contributed by atoms with Crippen LogP contribution in [0.3, 0.4) is 0 Å². The highest BCUT2D eigenvalue weighted by Crippen LogP contribution is 2.25. The van der Waals surface area contributed by atoms with Gasteiger partial charge in [0.25, 0.3) is 5.24 Å². The second kappa shape index (κ2) is 4.47. The van der Waals surface area contributed by atoms with Gasteiger partial charge in [0.2, 0.25) is 0 Å². The number of halogens is 1. The van der Waals surface area contributed by atoms with Gasteiger partial charge in [0.15, 0.2) is 0 Å². The van der Waals surface area contributed by atoms with Crippen molar-refractivity contribution in [1.29, 1.82) is 0 Å². The van der Waals surface area contributed by atoms with Crippen LogP contribution in [-0.2, 0) is 9.53 Å². The van der Waals surface area contributed by atoms with Crippen molar-refractivity contribution in [2.24, 2.45) is 5.92 Å². The lowest BCUT2D eigenvalue weighted by Gasteiger charge is -2.16. The van der Waals surface area contributed by atoms with Gasteiger partial charge < -0.3 is 4.74 Å². The first-order valence-corrected chi connectivity index (χ1v) is 4.78. The van der Waals surface area contributed by atoms with Gasteiger partial charge in [-0.3, -0.25) is 4.79 Å². The molecule has 0 bridgehead atoms. The minimum atomic E-state index is -0.439. The molecule has 13 heavy (non-hydrogen) atoms.